The monoisotopic (exact) mass is 294 g/mol. The summed E-state index contributed by atoms with van der Waals surface area (Å²) >= 11 is 3.32. The molecule has 0 bridgehead atoms. The molecule has 4 heteroatoms. The Morgan fingerprint density at radius 1 is 1.12 bits per heavy atom. The molecule has 0 saturated heterocycles. The fraction of sp³-hybridized carbons (Fsp3) is 0.154. The van der Waals surface area contributed by atoms with Gasteiger partial charge in [-0.25, -0.2) is 9.37 Å². The Labute approximate surface area is 108 Å². The number of nitrogens with zero attached hydrogens (tertiary/aromatic N) is 1. The second kappa shape index (κ2) is 5.89. The van der Waals surface area contributed by atoms with Crippen LogP contribution in [0.25, 0.3) is 0 Å². The van der Waals surface area contributed by atoms with Gasteiger partial charge in [-0.15, -0.1) is 0 Å². The van der Waals surface area contributed by atoms with Crippen molar-refractivity contribution in [1.29, 1.82) is 0 Å². The third-order valence-corrected chi connectivity index (χ3v) is 2.74. The van der Waals surface area contributed by atoms with Gasteiger partial charge in [0.25, 0.3) is 0 Å². The van der Waals surface area contributed by atoms with Crippen LogP contribution in [0, 0.1) is 5.82 Å². The van der Waals surface area contributed by atoms with E-state index in [9.17, 15) is 4.39 Å². The number of nitrogens with one attached hydrogen (secondary N) is 1. The van der Waals surface area contributed by atoms with E-state index in [0.717, 1.165) is 15.9 Å². The SMILES string of the molecule is Fc1cccc(CNCc2cccc(Br)n2)c1. The molecule has 0 spiro atoms. The lowest BCUT2D eigenvalue weighted by atomic mass is 10.2. The van der Waals surface area contributed by atoms with Gasteiger partial charge in [0.05, 0.1) is 5.69 Å². The minimum absolute atomic E-state index is 0.204. The summed E-state index contributed by atoms with van der Waals surface area (Å²) in [5, 5.41) is 3.22. The summed E-state index contributed by atoms with van der Waals surface area (Å²) in [6.45, 7) is 1.29. The van der Waals surface area contributed by atoms with Gasteiger partial charge in [-0.05, 0) is 45.8 Å². The van der Waals surface area contributed by atoms with Crippen LogP contribution in [0.1, 0.15) is 11.3 Å². The highest BCUT2D eigenvalue weighted by atomic mass is 79.9. The molecule has 17 heavy (non-hydrogen) atoms. The molecular weight excluding hydrogens is 283 g/mol. The van der Waals surface area contributed by atoms with Crippen molar-refractivity contribution in [1.82, 2.24) is 10.3 Å². The van der Waals surface area contributed by atoms with Gasteiger partial charge in [-0.2, -0.15) is 0 Å². The van der Waals surface area contributed by atoms with Crippen LogP contribution in [-0.4, -0.2) is 4.98 Å². The van der Waals surface area contributed by atoms with E-state index in [2.05, 4.69) is 26.2 Å². The molecule has 0 atom stereocenters. The standard InChI is InChI=1S/C13H12BrFN2/c14-13-6-2-5-12(17-13)9-16-8-10-3-1-4-11(15)7-10/h1-7,16H,8-9H2. The summed E-state index contributed by atoms with van der Waals surface area (Å²) in [7, 11) is 0. The fourth-order valence-corrected chi connectivity index (χ4v) is 1.91. The van der Waals surface area contributed by atoms with Crippen molar-refractivity contribution in [2.24, 2.45) is 0 Å². The molecule has 1 aromatic heterocycles. The van der Waals surface area contributed by atoms with Crippen LogP contribution in [0.3, 0.4) is 0 Å². The third-order valence-electron chi connectivity index (χ3n) is 2.30. The molecule has 0 aliphatic carbocycles. The highest BCUT2D eigenvalue weighted by Crippen LogP contribution is 2.07. The Balaban J connectivity index is 1.87. The van der Waals surface area contributed by atoms with Crippen molar-refractivity contribution < 1.29 is 4.39 Å². The number of aromatic nitrogens is 1. The Kier molecular flexibility index (Phi) is 4.23. The highest BCUT2D eigenvalue weighted by Gasteiger charge is 1.97. The van der Waals surface area contributed by atoms with Gasteiger partial charge < -0.3 is 5.32 Å². The maximum atomic E-state index is 12.9. The number of benzene rings is 1. The van der Waals surface area contributed by atoms with Gasteiger partial charge in [0.1, 0.15) is 10.4 Å². The molecule has 2 aromatic rings. The first-order valence-electron chi connectivity index (χ1n) is 5.30. The number of halogens is 2. The van der Waals surface area contributed by atoms with E-state index in [0.29, 0.717) is 13.1 Å². The van der Waals surface area contributed by atoms with Gasteiger partial charge in [-0.3, -0.25) is 0 Å². The van der Waals surface area contributed by atoms with E-state index >= 15 is 0 Å². The van der Waals surface area contributed by atoms with E-state index in [1.165, 1.54) is 12.1 Å². The average molecular weight is 295 g/mol. The molecule has 0 amide bonds. The Morgan fingerprint density at radius 2 is 1.94 bits per heavy atom. The average Bonchev–Trinajstić information content (AvgIpc) is 2.29. The van der Waals surface area contributed by atoms with Crippen LogP contribution >= 0.6 is 15.9 Å². The minimum Gasteiger partial charge on any atom is -0.307 e. The minimum atomic E-state index is -0.204. The topological polar surface area (TPSA) is 24.9 Å². The first-order valence-corrected chi connectivity index (χ1v) is 6.10. The van der Waals surface area contributed by atoms with Gasteiger partial charge in [0, 0.05) is 13.1 Å². The summed E-state index contributed by atoms with van der Waals surface area (Å²) in [5.74, 6) is -0.204. The summed E-state index contributed by atoms with van der Waals surface area (Å²) in [6, 6.07) is 12.4. The van der Waals surface area contributed by atoms with Gasteiger partial charge in [0.15, 0.2) is 0 Å². The zero-order valence-corrected chi connectivity index (χ0v) is 10.7. The van der Waals surface area contributed by atoms with E-state index in [-0.39, 0.29) is 5.82 Å². The number of pyridine rings is 1. The van der Waals surface area contributed by atoms with Crippen molar-refractivity contribution in [3.8, 4) is 0 Å². The van der Waals surface area contributed by atoms with Crippen LogP contribution in [0.2, 0.25) is 0 Å². The zero-order chi connectivity index (χ0) is 12.1. The van der Waals surface area contributed by atoms with Crippen molar-refractivity contribution >= 4 is 15.9 Å². The van der Waals surface area contributed by atoms with Crippen molar-refractivity contribution in [2.75, 3.05) is 0 Å². The van der Waals surface area contributed by atoms with Gasteiger partial charge in [0.2, 0.25) is 0 Å². The summed E-state index contributed by atoms with van der Waals surface area (Å²) in [4.78, 5) is 4.30. The number of hydrogen-bond donors (Lipinski definition) is 1. The van der Waals surface area contributed by atoms with Crippen LogP contribution in [0.5, 0.6) is 0 Å². The van der Waals surface area contributed by atoms with E-state index in [4.69, 9.17) is 0 Å². The highest BCUT2D eigenvalue weighted by molar-refractivity contribution is 9.10. The molecular formula is C13H12BrFN2. The second-order valence-electron chi connectivity index (χ2n) is 3.69. The summed E-state index contributed by atoms with van der Waals surface area (Å²) in [5.41, 5.74) is 1.88. The largest absolute Gasteiger partial charge is 0.307 e. The summed E-state index contributed by atoms with van der Waals surface area (Å²) < 4.78 is 13.7. The molecule has 2 rings (SSSR count). The lowest BCUT2D eigenvalue weighted by Crippen LogP contribution is -2.13. The maximum absolute atomic E-state index is 12.9. The molecule has 0 aliphatic heterocycles. The van der Waals surface area contributed by atoms with Crippen LogP contribution < -0.4 is 5.32 Å². The maximum Gasteiger partial charge on any atom is 0.123 e. The first kappa shape index (κ1) is 12.2. The number of rotatable bonds is 4. The molecule has 0 unspecified atom stereocenters. The lowest BCUT2D eigenvalue weighted by molar-refractivity contribution is 0.619. The molecule has 1 aromatic carbocycles. The predicted molar refractivity (Wildman–Crippen MR) is 68.9 cm³/mol. The molecule has 2 nitrogen and oxygen atoms in total. The fourth-order valence-electron chi connectivity index (χ4n) is 1.53. The quantitative estimate of drug-likeness (QED) is 0.876. The van der Waals surface area contributed by atoms with Crippen molar-refractivity contribution in [3.63, 3.8) is 0 Å². The van der Waals surface area contributed by atoms with E-state index in [1.54, 1.807) is 6.07 Å². The molecule has 1 heterocycles. The lowest BCUT2D eigenvalue weighted by Gasteiger charge is -2.05. The molecule has 0 aliphatic rings. The zero-order valence-electron chi connectivity index (χ0n) is 9.16. The van der Waals surface area contributed by atoms with Gasteiger partial charge >= 0.3 is 0 Å². The molecule has 1 N–H and O–H groups in total. The summed E-state index contributed by atoms with van der Waals surface area (Å²) in [6.07, 6.45) is 0. The second-order valence-corrected chi connectivity index (χ2v) is 4.50. The van der Waals surface area contributed by atoms with Gasteiger partial charge in [-0.1, -0.05) is 18.2 Å². The van der Waals surface area contributed by atoms with E-state index in [1.807, 2.05) is 24.3 Å². The molecule has 0 fully saturated rings. The smallest absolute Gasteiger partial charge is 0.123 e. The predicted octanol–water partition coefficient (Wildman–Crippen LogP) is 3.27. The van der Waals surface area contributed by atoms with Crippen molar-refractivity contribution in [3.05, 3.63) is 64.1 Å². The van der Waals surface area contributed by atoms with Crippen LogP contribution in [-0.2, 0) is 13.1 Å². The number of hydrogen-bond acceptors (Lipinski definition) is 2. The molecule has 0 saturated carbocycles. The molecule has 0 radical (unpaired) electrons. The van der Waals surface area contributed by atoms with Crippen molar-refractivity contribution in [2.45, 2.75) is 13.1 Å². The Morgan fingerprint density at radius 3 is 2.71 bits per heavy atom. The Bertz CT molecular complexity index is 457. The first-order chi connectivity index (χ1) is 8.24. The third kappa shape index (κ3) is 3.91. The van der Waals surface area contributed by atoms with Crippen LogP contribution in [0.4, 0.5) is 4.39 Å². The Hall–Kier alpha value is -1.26. The van der Waals surface area contributed by atoms with E-state index < -0.39 is 0 Å². The normalized spacial score (nSPS) is 10.5. The van der Waals surface area contributed by atoms with Crippen LogP contribution in [0.15, 0.2) is 47.1 Å². The molecule has 88 valence electrons.